The molecule has 4 aromatic heterocycles. The van der Waals surface area contributed by atoms with Crippen LogP contribution in [0.15, 0.2) is 45.8 Å². The van der Waals surface area contributed by atoms with E-state index in [0.717, 1.165) is 5.56 Å². The van der Waals surface area contributed by atoms with Gasteiger partial charge in [0.1, 0.15) is 17.0 Å². The summed E-state index contributed by atoms with van der Waals surface area (Å²) in [5, 5.41) is 21.1. The third-order valence-corrected chi connectivity index (χ3v) is 6.00. The fourth-order valence-electron chi connectivity index (χ4n) is 3.62. The van der Waals surface area contributed by atoms with Gasteiger partial charge in [-0.3, -0.25) is 20.1 Å². The van der Waals surface area contributed by atoms with Crippen LogP contribution in [0.5, 0.6) is 0 Å². The van der Waals surface area contributed by atoms with Gasteiger partial charge in [0.25, 0.3) is 11.3 Å². The van der Waals surface area contributed by atoms with E-state index in [2.05, 4.69) is 63.4 Å². The van der Waals surface area contributed by atoms with Crippen LogP contribution in [-0.2, 0) is 4.43 Å². The fourth-order valence-corrected chi connectivity index (χ4v) is 4.25. The number of benzene rings is 2. The molecular formula is C20H12FIN8O2. The zero-order valence-corrected chi connectivity index (χ0v) is 18.2. The van der Waals surface area contributed by atoms with Gasteiger partial charge in [0.05, 0.1) is 22.6 Å². The van der Waals surface area contributed by atoms with E-state index in [1.165, 1.54) is 18.3 Å². The molecule has 4 N–H and O–H groups in total. The lowest BCUT2D eigenvalue weighted by atomic mass is 10.1. The average molecular weight is 542 g/mol. The smallest absolute Gasteiger partial charge is 0.271 e. The molecule has 0 aliphatic carbocycles. The fraction of sp³-hybridized carbons (Fsp3) is 0.0500. The molecule has 32 heavy (non-hydrogen) atoms. The van der Waals surface area contributed by atoms with Gasteiger partial charge >= 0.3 is 0 Å². The summed E-state index contributed by atoms with van der Waals surface area (Å²) in [4.78, 5) is 21.3. The normalized spacial score (nSPS) is 11.7. The molecule has 0 saturated heterocycles. The van der Waals surface area contributed by atoms with Gasteiger partial charge < -0.3 is 9.84 Å². The Balaban J connectivity index is 1.54. The summed E-state index contributed by atoms with van der Waals surface area (Å²) in [7, 11) is 0. The topological polar surface area (TPSA) is 141 Å². The van der Waals surface area contributed by atoms with E-state index in [9.17, 15) is 9.18 Å². The van der Waals surface area contributed by atoms with Crippen molar-refractivity contribution in [2.24, 2.45) is 0 Å². The van der Waals surface area contributed by atoms with Crippen LogP contribution in [0.3, 0.4) is 0 Å². The molecule has 6 rings (SSSR count). The van der Waals surface area contributed by atoms with Crippen molar-refractivity contribution in [3.63, 3.8) is 0 Å². The number of hydrogen-bond acceptors (Lipinski definition) is 7. The predicted octanol–water partition coefficient (Wildman–Crippen LogP) is 4.15. The average Bonchev–Trinajstić information content (AvgIpc) is 3.52. The summed E-state index contributed by atoms with van der Waals surface area (Å²) in [6.45, 7) is 0. The van der Waals surface area contributed by atoms with E-state index >= 15 is 0 Å². The molecule has 10 nitrogen and oxygen atoms in total. The number of halogens is 2. The van der Waals surface area contributed by atoms with Crippen LogP contribution in [0.25, 0.3) is 44.3 Å². The lowest BCUT2D eigenvalue weighted by Gasteiger charge is -2.09. The van der Waals surface area contributed by atoms with E-state index in [4.69, 9.17) is 4.52 Å². The Labute approximate surface area is 190 Å². The minimum Gasteiger partial charge on any atom is -0.336 e. The van der Waals surface area contributed by atoms with Crippen LogP contribution in [-0.4, -0.2) is 35.5 Å². The summed E-state index contributed by atoms with van der Waals surface area (Å²) in [6, 6.07) is 7.99. The van der Waals surface area contributed by atoms with Crippen molar-refractivity contribution in [3.05, 3.63) is 58.3 Å². The third kappa shape index (κ3) is 2.94. The first-order valence-electron chi connectivity index (χ1n) is 9.43. The zero-order chi connectivity index (χ0) is 21.8. The molecule has 0 bridgehead atoms. The molecule has 4 heterocycles. The Morgan fingerprint density at radius 1 is 1.03 bits per heavy atom. The van der Waals surface area contributed by atoms with Crippen LogP contribution in [0, 0.1) is 5.82 Å². The minimum atomic E-state index is -0.378. The third-order valence-electron chi connectivity index (χ3n) is 5.18. The van der Waals surface area contributed by atoms with Crippen molar-refractivity contribution >= 4 is 67.1 Å². The van der Waals surface area contributed by atoms with Crippen LogP contribution in [0.2, 0.25) is 0 Å². The molecule has 0 fully saturated rings. The first-order chi connectivity index (χ1) is 15.6. The maximum absolute atomic E-state index is 13.8. The number of anilines is 2. The summed E-state index contributed by atoms with van der Waals surface area (Å²) >= 11 is 2.24. The number of nitrogens with zero attached hydrogens (tertiary/aromatic N) is 4. The number of H-pyrrole nitrogens is 3. The van der Waals surface area contributed by atoms with E-state index < -0.39 is 0 Å². The van der Waals surface area contributed by atoms with Gasteiger partial charge in [0.15, 0.2) is 11.6 Å². The molecule has 6 aromatic rings. The molecule has 0 spiro atoms. The van der Waals surface area contributed by atoms with Gasteiger partial charge in [-0.2, -0.15) is 10.1 Å². The van der Waals surface area contributed by atoms with Crippen LogP contribution in [0.4, 0.5) is 16.0 Å². The number of aromatic nitrogens is 7. The Bertz CT molecular complexity index is 1700. The Morgan fingerprint density at radius 3 is 2.81 bits per heavy atom. The summed E-state index contributed by atoms with van der Waals surface area (Å²) < 4.78 is 19.8. The lowest BCUT2D eigenvalue weighted by molar-refractivity contribution is 0.448. The molecule has 0 aliphatic rings. The highest BCUT2D eigenvalue weighted by Crippen LogP contribution is 2.32. The largest absolute Gasteiger partial charge is 0.336 e. The van der Waals surface area contributed by atoms with Crippen LogP contribution in [0.1, 0.15) is 5.56 Å². The summed E-state index contributed by atoms with van der Waals surface area (Å²) in [6.07, 6.45) is 1.50. The van der Waals surface area contributed by atoms with E-state index in [1.807, 2.05) is 6.07 Å². The monoisotopic (exact) mass is 542 g/mol. The number of nitrogens with one attached hydrogen (secondary N) is 4. The molecule has 0 radical (unpaired) electrons. The summed E-state index contributed by atoms with van der Waals surface area (Å²) in [5.74, 6) is 0.777. The van der Waals surface area contributed by atoms with Gasteiger partial charge in [0, 0.05) is 15.4 Å². The van der Waals surface area contributed by atoms with Crippen molar-refractivity contribution in [1.82, 2.24) is 35.5 Å². The van der Waals surface area contributed by atoms with Gasteiger partial charge in [-0.05, 0) is 35.9 Å². The number of fused-ring (bicyclic) bond motifs is 3. The van der Waals surface area contributed by atoms with Crippen molar-refractivity contribution < 1.29 is 8.91 Å². The van der Waals surface area contributed by atoms with Crippen molar-refractivity contribution in [2.75, 3.05) is 5.32 Å². The van der Waals surface area contributed by atoms with Crippen molar-refractivity contribution in [3.8, 4) is 11.4 Å². The standard InChI is InChI=1S/C20H12FIN8O2/c21-9-1-2-14-11(4-9)18(29-27-14)25-17-13-7-23-32-20(13)26-16(24-17)10-5-12-15(3-8(10)6-22)28-30-19(12)31/h1-5,7H,6H2,(H2,28,30,31)(H2,24,25,26,27,29). The first-order valence-corrected chi connectivity index (χ1v) is 11.0. The second kappa shape index (κ2) is 7.12. The van der Waals surface area contributed by atoms with Gasteiger partial charge in [-0.25, -0.2) is 9.37 Å². The van der Waals surface area contributed by atoms with Crippen molar-refractivity contribution in [1.29, 1.82) is 0 Å². The van der Waals surface area contributed by atoms with E-state index in [1.54, 1.807) is 12.1 Å². The molecule has 158 valence electrons. The maximum atomic E-state index is 13.8. The number of alkyl halides is 1. The van der Waals surface area contributed by atoms with Crippen LogP contribution >= 0.6 is 22.6 Å². The van der Waals surface area contributed by atoms with Gasteiger partial charge in [-0.15, -0.1) is 0 Å². The quantitative estimate of drug-likeness (QED) is 0.194. The van der Waals surface area contributed by atoms with E-state index in [0.29, 0.717) is 54.6 Å². The first kappa shape index (κ1) is 18.9. The van der Waals surface area contributed by atoms with Crippen molar-refractivity contribution in [2.45, 2.75) is 4.43 Å². The molecule has 0 amide bonds. The Hall–Kier alpha value is -3.81. The Kier molecular flexibility index (Phi) is 4.21. The molecule has 0 unspecified atom stereocenters. The maximum Gasteiger partial charge on any atom is 0.271 e. The second-order valence-corrected chi connectivity index (χ2v) is 7.86. The summed E-state index contributed by atoms with van der Waals surface area (Å²) in [5.41, 5.74) is 3.04. The Morgan fingerprint density at radius 2 is 1.94 bits per heavy atom. The highest BCUT2D eigenvalue weighted by molar-refractivity contribution is 14.1. The number of aromatic amines is 3. The molecule has 0 saturated carbocycles. The predicted molar refractivity (Wildman–Crippen MR) is 125 cm³/mol. The lowest BCUT2D eigenvalue weighted by Crippen LogP contribution is -2.02. The van der Waals surface area contributed by atoms with Gasteiger partial charge in [0.2, 0.25) is 0 Å². The highest BCUT2D eigenvalue weighted by Gasteiger charge is 2.18. The zero-order valence-electron chi connectivity index (χ0n) is 16.0. The molecular weight excluding hydrogens is 530 g/mol. The highest BCUT2D eigenvalue weighted by atomic mass is 127. The van der Waals surface area contributed by atoms with E-state index in [-0.39, 0.29) is 17.1 Å². The SMILES string of the molecule is O=c1[nH][nH]c2cc(CI)c(-c3nc(Nc4n[nH]c5ccc(F)cc45)c4cnoc4n3)cc12. The number of rotatable bonds is 4. The van der Waals surface area contributed by atoms with Crippen LogP contribution < -0.4 is 10.9 Å². The molecule has 12 heteroatoms. The minimum absolute atomic E-state index is 0.231. The molecule has 2 aromatic carbocycles. The number of hydrogen-bond donors (Lipinski definition) is 4. The second-order valence-electron chi connectivity index (χ2n) is 7.10. The molecule has 0 aliphatic heterocycles. The molecule has 0 atom stereocenters. The van der Waals surface area contributed by atoms with Gasteiger partial charge in [-0.1, -0.05) is 27.7 Å².